The Morgan fingerprint density at radius 1 is 0.971 bits per heavy atom. The van der Waals surface area contributed by atoms with E-state index in [9.17, 15) is 14.0 Å². The zero-order valence-electron chi connectivity index (χ0n) is 18.8. The van der Waals surface area contributed by atoms with E-state index in [0.717, 1.165) is 16.9 Å². The summed E-state index contributed by atoms with van der Waals surface area (Å²) in [6.07, 6.45) is 1.72. The minimum absolute atomic E-state index is 0.0416. The van der Waals surface area contributed by atoms with Gasteiger partial charge in [0.15, 0.2) is 5.43 Å². The molecule has 7 heteroatoms. The Balaban J connectivity index is 1.44. The number of aromatic nitrogens is 3. The first-order valence-electron chi connectivity index (χ1n) is 11.0. The molecule has 3 aromatic carbocycles. The van der Waals surface area contributed by atoms with E-state index in [-0.39, 0.29) is 29.7 Å². The minimum Gasteiger partial charge on any atom is -0.348 e. The van der Waals surface area contributed by atoms with Gasteiger partial charge in [0, 0.05) is 22.0 Å². The SMILES string of the molecule is Cc1c(C(C)NC(=O)Cn2c3ccccc3c(=O)c3ccccc32)cnn1-c1ccc(F)cc1. The van der Waals surface area contributed by atoms with Crippen LogP contribution in [-0.4, -0.2) is 20.3 Å². The van der Waals surface area contributed by atoms with Gasteiger partial charge < -0.3 is 9.88 Å². The number of carbonyl (C=O) groups is 1. The standard InChI is InChI=1S/C27H23FN4O2/c1-17(23-15-29-32(18(23)2)20-13-11-19(28)12-14-20)30-26(33)16-31-24-9-5-3-7-21(24)27(34)22-8-4-6-10-25(22)31/h3-15,17H,16H2,1-2H3,(H,30,33). The van der Waals surface area contributed by atoms with Crippen LogP contribution in [0.25, 0.3) is 27.5 Å². The van der Waals surface area contributed by atoms with Crippen molar-refractivity contribution in [3.8, 4) is 5.69 Å². The number of nitrogens with zero attached hydrogens (tertiary/aromatic N) is 3. The van der Waals surface area contributed by atoms with E-state index in [1.54, 1.807) is 35.1 Å². The van der Waals surface area contributed by atoms with E-state index in [2.05, 4.69) is 10.4 Å². The van der Waals surface area contributed by atoms with E-state index in [1.165, 1.54) is 12.1 Å². The maximum Gasteiger partial charge on any atom is 0.240 e. The maximum absolute atomic E-state index is 13.3. The first-order valence-corrected chi connectivity index (χ1v) is 11.0. The van der Waals surface area contributed by atoms with Gasteiger partial charge in [-0.15, -0.1) is 0 Å². The summed E-state index contributed by atoms with van der Waals surface area (Å²) in [6.45, 7) is 3.88. The van der Waals surface area contributed by atoms with Crippen molar-refractivity contribution in [2.24, 2.45) is 0 Å². The molecular weight excluding hydrogens is 431 g/mol. The molecule has 0 spiro atoms. The van der Waals surface area contributed by atoms with Gasteiger partial charge in [-0.2, -0.15) is 5.10 Å². The van der Waals surface area contributed by atoms with Crippen LogP contribution in [0.2, 0.25) is 0 Å². The van der Waals surface area contributed by atoms with Crippen molar-refractivity contribution in [3.05, 3.63) is 106 Å². The largest absolute Gasteiger partial charge is 0.348 e. The van der Waals surface area contributed by atoms with Crippen molar-refractivity contribution in [2.45, 2.75) is 26.4 Å². The number of benzene rings is 3. The van der Waals surface area contributed by atoms with Gasteiger partial charge in [-0.3, -0.25) is 9.59 Å². The Kier molecular flexibility index (Phi) is 5.45. The van der Waals surface area contributed by atoms with Gasteiger partial charge >= 0.3 is 0 Å². The van der Waals surface area contributed by atoms with Gasteiger partial charge in [0.2, 0.25) is 5.91 Å². The van der Waals surface area contributed by atoms with Gasteiger partial charge in [-0.1, -0.05) is 24.3 Å². The zero-order valence-corrected chi connectivity index (χ0v) is 18.8. The summed E-state index contributed by atoms with van der Waals surface area (Å²) in [4.78, 5) is 26.0. The van der Waals surface area contributed by atoms with Crippen molar-refractivity contribution < 1.29 is 9.18 Å². The average Bonchev–Trinajstić information content (AvgIpc) is 3.23. The summed E-state index contributed by atoms with van der Waals surface area (Å²) in [5, 5.41) is 8.64. The molecule has 34 heavy (non-hydrogen) atoms. The number of halogens is 1. The summed E-state index contributed by atoms with van der Waals surface area (Å²) in [5.41, 5.74) is 3.87. The first kappa shape index (κ1) is 21.6. The van der Waals surface area contributed by atoms with Crippen LogP contribution in [0.3, 0.4) is 0 Å². The molecule has 170 valence electrons. The highest BCUT2D eigenvalue weighted by molar-refractivity contribution is 5.94. The van der Waals surface area contributed by atoms with E-state index >= 15 is 0 Å². The third-order valence-corrected chi connectivity index (χ3v) is 6.14. The summed E-state index contributed by atoms with van der Waals surface area (Å²) in [5.74, 6) is -0.489. The van der Waals surface area contributed by atoms with Gasteiger partial charge in [0.05, 0.1) is 29.0 Å². The predicted molar refractivity (Wildman–Crippen MR) is 131 cm³/mol. The fraction of sp³-hybridized carbons (Fsp3) is 0.148. The highest BCUT2D eigenvalue weighted by Gasteiger charge is 2.18. The van der Waals surface area contributed by atoms with E-state index in [0.29, 0.717) is 21.8 Å². The fourth-order valence-electron chi connectivity index (χ4n) is 4.45. The number of fused-ring (bicyclic) bond motifs is 2. The molecule has 0 saturated heterocycles. The number of hydrogen-bond donors (Lipinski definition) is 1. The summed E-state index contributed by atoms with van der Waals surface area (Å²) >= 11 is 0. The van der Waals surface area contributed by atoms with Crippen molar-refractivity contribution in [1.29, 1.82) is 0 Å². The van der Waals surface area contributed by atoms with Gasteiger partial charge in [-0.25, -0.2) is 9.07 Å². The third kappa shape index (κ3) is 3.75. The van der Waals surface area contributed by atoms with Gasteiger partial charge in [0.1, 0.15) is 12.4 Å². The molecule has 0 aliphatic heterocycles. The second kappa shape index (κ2) is 8.59. The molecule has 1 amide bonds. The maximum atomic E-state index is 13.3. The highest BCUT2D eigenvalue weighted by Crippen LogP contribution is 2.22. The minimum atomic E-state index is -0.308. The summed E-state index contributed by atoms with van der Waals surface area (Å²) in [7, 11) is 0. The zero-order chi connectivity index (χ0) is 23.8. The Hall–Kier alpha value is -4.26. The molecule has 1 N–H and O–H groups in total. The number of amides is 1. The molecule has 0 saturated carbocycles. The van der Waals surface area contributed by atoms with Crippen LogP contribution in [-0.2, 0) is 11.3 Å². The van der Waals surface area contributed by atoms with Crippen molar-refractivity contribution >= 4 is 27.7 Å². The number of rotatable bonds is 5. The van der Waals surface area contributed by atoms with Crippen LogP contribution in [0, 0.1) is 12.7 Å². The lowest BCUT2D eigenvalue weighted by atomic mass is 10.1. The molecule has 2 heterocycles. The Morgan fingerprint density at radius 2 is 1.56 bits per heavy atom. The quantitative estimate of drug-likeness (QED) is 0.393. The van der Waals surface area contributed by atoms with E-state index in [4.69, 9.17) is 0 Å². The van der Waals surface area contributed by atoms with Crippen molar-refractivity contribution in [1.82, 2.24) is 19.7 Å². The second-order valence-corrected chi connectivity index (χ2v) is 8.31. The molecule has 0 fully saturated rings. The predicted octanol–water partition coefficient (Wildman–Crippen LogP) is 4.67. The van der Waals surface area contributed by atoms with Crippen LogP contribution in [0.15, 0.2) is 83.8 Å². The van der Waals surface area contributed by atoms with Crippen LogP contribution in [0.4, 0.5) is 4.39 Å². The molecule has 1 atom stereocenters. The van der Waals surface area contributed by atoms with Crippen molar-refractivity contribution in [3.63, 3.8) is 0 Å². The molecule has 0 bridgehead atoms. The lowest BCUT2D eigenvalue weighted by Gasteiger charge is -2.18. The molecule has 0 radical (unpaired) electrons. The fourth-order valence-corrected chi connectivity index (χ4v) is 4.45. The summed E-state index contributed by atoms with van der Waals surface area (Å²) in [6, 6.07) is 20.5. The van der Waals surface area contributed by atoms with Gasteiger partial charge in [-0.05, 0) is 62.4 Å². The first-order chi connectivity index (χ1) is 16.4. The molecule has 0 aliphatic carbocycles. The smallest absolute Gasteiger partial charge is 0.240 e. The molecule has 2 aromatic heterocycles. The number of para-hydroxylation sites is 2. The van der Waals surface area contributed by atoms with Crippen LogP contribution < -0.4 is 10.7 Å². The Labute approximate surface area is 195 Å². The molecule has 5 rings (SSSR count). The lowest BCUT2D eigenvalue weighted by molar-refractivity contribution is -0.122. The van der Waals surface area contributed by atoms with Crippen LogP contribution in [0.1, 0.15) is 24.2 Å². The highest BCUT2D eigenvalue weighted by atomic mass is 19.1. The van der Waals surface area contributed by atoms with Crippen LogP contribution >= 0.6 is 0 Å². The second-order valence-electron chi connectivity index (χ2n) is 8.31. The molecule has 0 aliphatic rings. The Morgan fingerprint density at radius 3 is 2.18 bits per heavy atom. The Bertz CT molecular complexity index is 1520. The third-order valence-electron chi connectivity index (χ3n) is 6.14. The summed E-state index contributed by atoms with van der Waals surface area (Å²) < 4.78 is 16.9. The van der Waals surface area contributed by atoms with Gasteiger partial charge in [0.25, 0.3) is 0 Å². The normalized spacial score (nSPS) is 12.2. The number of hydrogen-bond acceptors (Lipinski definition) is 3. The van der Waals surface area contributed by atoms with E-state index in [1.807, 2.05) is 54.8 Å². The average molecular weight is 455 g/mol. The molecule has 1 unspecified atom stereocenters. The number of pyridine rings is 1. The number of nitrogens with one attached hydrogen (secondary N) is 1. The molecular formula is C27H23FN4O2. The monoisotopic (exact) mass is 454 g/mol. The molecule has 6 nitrogen and oxygen atoms in total. The molecule has 5 aromatic rings. The van der Waals surface area contributed by atoms with Crippen molar-refractivity contribution in [2.75, 3.05) is 0 Å². The van der Waals surface area contributed by atoms with E-state index < -0.39 is 0 Å². The number of carbonyl (C=O) groups excluding carboxylic acids is 1. The van der Waals surface area contributed by atoms with Crippen LogP contribution in [0.5, 0.6) is 0 Å². The lowest BCUT2D eigenvalue weighted by Crippen LogP contribution is -2.31. The topological polar surface area (TPSA) is 68.9 Å².